The fourth-order valence-corrected chi connectivity index (χ4v) is 4.22. The van der Waals surface area contributed by atoms with Crippen LogP contribution >= 0.6 is 21.8 Å². The van der Waals surface area contributed by atoms with Crippen molar-refractivity contribution in [2.75, 3.05) is 0 Å². The van der Waals surface area contributed by atoms with Crippen molar-refractivity contribution in [3.05, 3.63) is 12.7 Å². The molecule has 0 saturated heterocycles. The van der Waals surface area contributed by atoms with Crippen LogP contribution < -0.4 is 0 Å². The summed E-state index contributed by atoms with van der Waals surface area (Å²) in [6.07, 6.45) is 10.1. The quantitative estimate of drug-likeness (QED) is 0.116. The van der Waals surface area contributed by atoms with Gasteiger partial charge in [-0.15, -0.1) is 21.8 Å². The summed E-state index contributed by atoms with van der Waals surface area (Å²) >= 11 is 2.66. The number of unbranched alkanes of at least 4 members (excludes halogenated alkanes) is 5. The Hall–Kier alpha value is 0.157. The zero-order valence-corrected chi connectivity index (χ0v) is 15.9. The van der Waals surface area contributed by atoms with E-state index in [9.17, 15) is 4.79 Å². The molecule has 0 saturated carbocycles. The Bertz CT molecular complexity index is 261. The van der Waals surface area contributed by atoms with E-state index in [0.29, 0.717) is 0 Å². The van der Waals surface area contributed by atoms with E-state index in [1.54, 1.807) is 0 Å². The summed E-state index contributed by atoms with van der Waals surface area (Å²) in [5.74, 6) is -0.307. The predicted octanol–water partition coefficient (Wildman–Crippen LogP) is 5.47. The van der Waals surface area contributed by atoms with E-state index in [1.165, 1.54) is 44.2 Å². The van der Waals surface area contributed by atoms with Gasteiger partial charge in [0.25, 0.3) is 0 Å². The summed E-state index contributed by atoms with van der Waals surface area (Å²) in [6, 6.07) is 1.45. The third-order valence-electron chi connectivity index (χ3n) is 3.12. The minimum Gasteiger partial charge on any atom is -0.460 e. The van der Waals surface area contributed by atoms with Gasteiger partial charge in [0.2, 0.25) is 0 Å². The predicted molar refractivity (Wildman–Crippen MR) is 94.4 cm³/mol. The summed E-state index contributed by atoms with van der Waals surface area (Å²) in [5, 5.41) is 0. The molecule has 1 atom stereocenters. The number of esters is 1. The molecule has 0 bridgehead atoms. The lowest BCUT2D eigenvalue weighted by Crippen LogP contribution is -2.13. The van der Waals surface area contributed by atoms with Gasteiger partial charge >= 0.3 is 5.97 Å². The Morgan fingerprint density at radius 2 is 1.74 bits per heavy atom. The maximum absolute atomic E-state index is 11.0. The van der Waals surface area contributed by atoms with Gasteiger partial charge in [0.05, 0.1) is 6.10 Å². The fraction of sp³-hybridized carbons (Fsp3) is 0.800. The molecule has 0 spiro atoms. The molecule has 2 nitrogen and oxygen atoms in total. The van der Waals surface area contributed by atoms with Crippen LogP contribution in [0.1, 0.15) is 51.9 Å². The molecule has 0 aromatic heterocycles. The minimum atomic E-state index is -0.853. The fourth-order valence-electron chi connectivity index (χ4n) is 1.99. The summed E-state index contributed by atoms with van der Waals surface area (Å²) in [4.78, 5) is 11.0. The van der Waals surface area contributed by atoms with Gasteiger partial charge in [-0.25, -0.2) is 4.79 Å². The van der Waals surface area contributed by atoms with Crippen LogP contribution in [0.3, 0.4) is 0 Å². The molecular formula is C15H29IO2Si. The van der Waals surface area contributed by atoms with Crippen molar-refractivity contribution < 1.29 is 9.53 Å². The highest BCUT2D eigenvalue weighted by atomic mass is 127. The molecule has 0 amide bonds. The van der Waals surface area contributed by atoms with Crippen LogP contribution in [-0.2, 0) is 9.53 Å². The molecule has 1 unspecified atom stereocenters. The SMILES string of the molecule is C=CC(=O)OC(C)CCCCCCCC[Si](C)(C)I. The van der Waals surface area contributed by atoms with Crippen LogP contribution in [0, 0.1) is 0 Å². The number of hydrogen-bond acceptors (Lipinski definition) is 2. The van der Waals surface area contributed by atoms with Crippen LogP contribution in [-0.4, -0.2) is 17.6 Å². The summed E-state index contributed by atoms with van der Waals surface area (Å²) in [7, 11) is 0. The first-order valence-corrected chi connectivity index (χ1v) is 13.7. The van der Waals surface area contributed by atoms with E-state index in [2.05, 4.69) is 41.5 Å². The van der Waals surface area contributed by atoms with Crippen molar-refractivity contribution in [2.24, 2.45) is 0 Å². The van der Waals surface area contributed by atoms with Crippen molar-refractivity contribution >= 4 is 33.3 Å². The zero-order valence-electron chi connectivity index (χ0n) is 12.7. The van der Waals surface area contributed by atoms with Gasteiger partial charge in [-0.1, -0.05) is 51.8 Å². The lowest BCUT2D eigenvalue weighted by Gasteiger charge is -2.13. The molecule has 0 radical (unpaired) electrons. The molecular weight excluding hydrogens is 367 g/mol. The average Bonchev–Trinajstić information content (AvgIpc) is 2.31. The van der Waals surface area contributed by atoms with E-state index in [-0.39, 0.29) is 12.1 Å². The Kier molecular flexibility index (Phi) is 11.0. The van der Waals surface area contributed by atoms with Gasteiger partial charge in [-0.05, 0) is 25.8 Å². The first kappa shape index (κ1) is 19.2. The average molecular weight is 396 g/mol. The second kappa shape index (κ2) is 10.9. The molecule has 0 aromatic rings. The largest absolute Gasteiger partial charge is 0.460 e. The Morgan fingerprint density at radius 1 is 1.21 bits per heavy atom. The topological polar surface area (TPSA) is 26.3 Å². The van der Waals surface area contributed by atoms with Gasteiger partial charge in [0.1, 0.15) is 5.57 Å². The van der Waals surface area contributed by atoms with Crippen LogP contribution in [0.4, 0.5) is 0 Å². The second-order valence-electron chi connectivity index (χ2n) is 5.83. The summed E-state index contributed by atoms with van der Waals surface area (Å²) in [6.45, 7) is 10.2. The Balaban J connectivity index is 3.31. The Labute approximate surface area is 132 Å². The van der Waals surface area contributed by atoms with Crippen LogP contribution in [0.5, 0.6) is 0 Å². The molecule has 19 heavy (non-hydrogen) atoms. The molecule has 0 aliphatic carbocycles. The molecule has 0 rings (SSSR count). The lowest BCUT2D eigenvalue weighted by atomic mass is 10.1. The summed E-state index contributed by atoms with van der Waals surface area (Å²) in [5.41, 5.74) is -0.853. The van der Waals surface area contributed by atoms with Gasteiger partial charge < -0.3 is 4.74 Å². The first-order chi connectivity index (χ1) is 8.85. The highest BCUT2D eigenvalue weighted by molar-refractivity contribution is 14.1. The molecule has 0 fully saturated rings. The maximum Gasteiger partial charge on any atom is 0.330 e. The van der Waals surface area contributed by atoms with E-state index in [4.69, 9.17) is 4.74 Å². The second-order valence-corrected chi connectivity index (χ2v) is 18.5. The summed E-state index contributed by atoms with van der Waals surface area (Å²) < 4.78 is 5.13. The number of carbonyl (C=O) groups is 1. The van der Waals surface area contributed by atoms with E-state index in [0.717, 1.165) is 12.8 Å². The molecule has 0 heterocycles. The Morgan fingerprint density at radius 3 is 2.26 bits per heavy atom. The number of halogens is 1. The molecule has 0 aliphatic rings. The normalized spacial score (nSPS) is 13.1. The number of hydrogen-bond donors (Lipinski definition) is 0. The lowest BCUT2D eigenvalue weighted by molar-refractivity contribution is -0.142. The van der Waals surface area contributed by atoms with Crippen LogP contribution in [0.2, 0.25) is 19.1 Å². The molecule has 112 valence electrons. The maximum atomic E-state index is 11.0. The molecule has 0 aliphatic heterocycles. The smallest absolute Gasteiger partial charge is 0.330 e. The monoisotopic (exact) mass is 396 g/mol. The van der Waals surface area contributed by atoms with Crippen molar-refractivity contribution in [2.45, 2.75) is 77.1 Å². The van der Waals surface area contributed by atoms with E-state index in [1.807, 2.05) is 6.92 Å². The molecule has 0 aromatic carbocycles. The third kappa shape index (κ3) is 14.4. The standard InChI is InChI=1S/C15H29IO2Si/c1-5-15(17)18-14(2)12-10-8-6-7-9-11-13-19(3,4)16/h5,14H,1,6-13H2,2-4H3. The van der Waals surface area contributed by atoms with Crippen molar-refractivity contribution in [3.63, 3.8) is 0 Å². The molecule has 4 heteroatoms. The zero-order chi connectivity index (χ0) is 14.7. The first-order valence-electron chi connectivity index (χ1n) is 7.37. The molecule has 0 N–H and O–H groups in total. The highest BCUT2D eigenvalue weighted by Gasteiger charge is 2.14. The number of carbonyl (C=O) groups excluding carboxylic acids is 1. The van der Waals surface area contributed by atoms with Crippen molar-refractivity contribution in [1.29, 1.82) is 0 Å². The van der Waals surface area contributed by atoms with Gasteiger partial charge in [-0.2, -0.15) is 0 Å². The number of rotatable bonds is 11. The van der Waals surface area contributed by atoms with Crippen molar-refractivity contribution in [1.82, 2.24) is 0 Å². The third-order valence-corrected chi connectivity index (χ3v) is 6.28. The highest BCUT2D eigenvalue weighted by Crippen LogP contribution is 2.21. The van der Waals surface area contributed by atoms with Crippen molar-refractivity contribution in [3.8, 4) is 0 Å². The van der Waals surface area contributed by atoms with E-state index < -0.39 is 5.57 Å². The van der Waals surface area contributed by atoms with Gasteiger partial charge in [0.15, 0.2) is 0 Å². The van der Waals surface area contributed by atoms with Gasteiger partial charge in [0, 0.05) is 6.08 Å². The van der Waals surface area contributed by atoms with Crippen LogP contribution in [0.15, 0.2) is 12.7 Å². The van der Waals surface area contributed by atoms with Gasteiger partial charge in [-0.3, -0.25) is 0 Å². The number of ether oxygens (including phenoxy) is 1. The minimum absolute atomic E-state index is 0.0244. The van der Waals surface area contributed by atoms with Crippen LogP contribution in [0.25, 0.3) is 0 Å². The van der Waals surface area contributed by atoms with E-state index >= 15 is 0 Å².